The van der Waals surface area contributed by atoms with Crippen LogP contribution in [-0.4, -0.2) is 21.8 Å². The van der Waals surface area contributed by atoms with Crippen LogP contribution in [0.3, 0.4) is 0 Å². The zero-order valence-electron chi connectivity index (χ0n) is 10.7. The lowest BCUT2D eigenvalue weighted by molar-refractivity contribution is -0.122. The molecule has 1 aliphatic heterocycles. The summed E-state index contributed by atoms with van der Waals surface area (Å²) in [6.45, 7) is 0. The molecule has 1 aromatic carbocycles. The van der Waals surface area contributed by atoms with Crippen LogP contribution in [0, 0.1) is 0 Å². The number of ether oxygens (including phenoxy) is 1. The van der Waals surface area contributed by atoms with Crippen LogP contribution in [0.25, 0.3) is 0 Å². The van der Waals surface area contributed by atoms with Crippen LogP contribution in [0.1, 0.15) is 12.0 Å². The fourth-order valence-electron chi connectivity index (χ4n) is 2.23. The van der Waals surface area contributed by atoms with Gasteiger partial charge in [-0.25, -0.2) is 0 Å². The van der Waals surface area contributed by atoms with E-state index in [-0.39, 0.29) is 5.91 Å². The summed E-state index contributed by atoms with van der Waals surface area (Å²) in [5.41, 5.74) is 2.03. The van der Waals surface area contributed by atoms with Crippen molar-refractivity contribution >= 4 is 11.6 Å². The lowest BCUT2D eigenvalue weighted by Gasteiger charge is -2.14. The second kappa shape index (κ2) is 4.76. The van der Waals surface area contributed by atoms with Crippen molar-refractivity contribution in [1.82, 2.24) is 9.78 Å². The molecule has 0 fully saturated rings. The Morgan fingerprint density at radius 1 is 1.42 bits per heavy atom. The molecule has 1 amide bonds. The molecule has 0 spiro atoms. The van der Waals surface area contributed by atoms with Gasteiger partial charge in [-0.1, -0.05) is 18.2 Å². The summed E-state index contributed by atoms with van der Waals surface area (Å²) in [5, 5.41) is 6.94. The van der Waals surface area contributed by atoms with Crippen LogP contribution < -0.4 is 10.1 Å². The number of aromatic nitrogens is 2. The van der Waals surface area contributed by atoms with Crippen LogP contribution in [0.4, 0.5) is 5.69 Å². The third kappa shape index (κ3) is 2.45. The molecule has 1 aliphatic rings. The number of nitrogens with one attached hydrogen (secondary N) is 1. The summed E-state index contributed by atoms with van der Waals surface area (Å²) in [6, 6.07) is 7.84. The van der Waals surface area contributed by atoms with Crippen LogP contribution in [-0.2, 0) is 18.3 Å². The Kier molecular flexibility index (Phi) is 2.95. The summed E-state index contributed by atoms with van der Waals surface area (Å²) >= 11 is 0. The molecule has 3 rings (SSSR count). The topological polar surface area (TPSA) is 56.1 Å². The van der Waals surface area contributed by atoms with Gasteiger partial charge in [0, 0.05) is 12.7 Å². The van der Waals surface area contributed by atoms with Crippen molar-refractivity contribution < 1.29 is 9.53 Å². The van der Waals surface area contributed by atoms with Gasteiger partial charge in [-0.15, -0.1) is 0 Å². The molecular formula is C14H15N3O2. The van der Waals surface area contributed by atoms with Gasteiger partial charge in [0.2, 0.25) is 0 Å². The van der Waals surface area contributed by atoms with Crippen molar-refractivity contribution in [2.45, 2.75) is 18.9 Å². The van der Waals surface area contributed by atoms with Gasteiger partial charge in [0.25, 0.3) is 5.91 Å². The van der Waals surface area contributed by atoms with Gasteiger partial charge in [-0.2, -0.15) is 5.10 Å². The Morgan fingerprint density at radius 2 is 2.26 bits per heavy atom. The molecule has 5 nitrogen and oxygen atoms in total. The highest BCUT2D eigenvalue weighted by atomic mass is 16.5. The van der Waals surface area contributed by atoms with E-state index < -0.39 is 6.10 Å². The fourth-order valence-corrected chi connectivity index (χ4v) is 2.23. The predicted octanol–water partition coefficient (Wildman–Crippen LogP) is 1.75. The van der Waals surface area contributed by atoms with Gasteiger partial charge in [-0.3, -0.25) is 9.48 Å². The normalized spacial score (nSPS) is 18.4. The molecule has 0 saturated heterocycles. The van der Waals surface area contributed by atoms with Gasteiger partial charge in [0.15, 0.2) is 11.9 Å². The molecule has 2 aromatic rings. The number of fused-ring (bicyclic) bond motifs is 1. The molecular weight excluding hydrogens is 242 g/mol. The number of para-hydroxylation sites is 1. The molecule has 1 N–H and O–H groups in total. The number of hydrogen-bond donors (Lipinski definition) is 1. The maximum absolute atomic E-state index is 12.1. The average Bonchev–Trinajstić information content (AvgIpc) is 2.74. The Bertz CT molecular complexity index is 606. The first-order valence-electron chi connectivity index (χ1n) is 6.26. The van der Waals surface area contributed by atoms with E-state index in [1.54, 1.807) is 17.1 Å². The summed E-state index contributed by atoms with van der Waals surface area (Å²) < 4.78 is 7.36. The molecule has 1 unspecified atom stereocenters. The summed E-state index contributed by atoms with van der Waals surface area (Å²) in [7, 11) is 1.82. The fraction of sp³-hybridized carbons (Fsp3) is 0.286. The average molecular weight is 257 g/mol. The van der Waals surface area contributed by atoms with E-state index in [0.717, 1.165) is 17.7 Å². The number of carbonyl (C=O) groups is 1. The molecule has 98 valence electrons. The molecule has 1 atom stereocenters. The molecule has 19 heavy (non-hydrogen) atoms. The third-order valence-corrected chi connectivity index (χ3v) is 3.20. The maximum atomic E-state index is 12.1. The first-order chi connectivity index (χ1) is 9.22. The summed E-state index contributed by atoms with van der Waals surface area (Å²) in [6.07, 6.45) is 4.38. The quantitative estimate of drug-likeness (QED) is 0.891. The van der Waals surface area contributed by atoms with Crippen molar-refractivity contribution in [2.75, 3.05) is 5.32 Å². The van der Waals surface area contributed by atoms with E-state index in [1.807, 2.05) is 31.3 Å². The van der Waals surface area contributed by atoms with Crippen LogP contribution >= 0.6 is 0 Å². The Labute approximate surface area is 111 Å². The largest absolute Gasteiger partial charge is 0.477 e. The highest BCUT2D eigenvalue weighted by Crippen LogP contribution is 2.23. The van der Waals surface area contributed by atoms with E-state index in [2.05, 4.69) is 10.4 Å². The molecule has 0 radical (unpaired) electrons. The predicted molar refractivity (Wildman–Crippen MR) is 71.0 cm³/mol. The molecule has 1 aromatic heterocycles. The van der Waals surface area contributed by atoms with Crippen molar-refractivity contribution in [1.29, 1.82) is 0 Å². The van der Waals surface area contributed by atoms with Gasteiger partial charge in [-0.05, 0) is 24.5 Å². The first kappa shape index (κ1) is 11.8. The monoisotopic (exact) mass is 257 g/mol. The van der Waals surface area contributed by atoms with Gasteiger partial charge in [0.05, 0.1) is 12.4 Å². The molecule has 0 aliphatic carbocycles. The number of benzene rings is 1. The molecule has 5 heteroatoms. The second-order valence-electron chi connectivity index (χ2n) is 4.64. The van der Waals surface area contributed by atoms with Gasteiger partial charge < -0.3 is 10.1 Å². The Morgan fingerprint density at radius 3 is 3.05 bits per heavy atom. The number of anilines is 1. The maximum Gasteiger partial charge on any atom is 0.265 e. The van der Waals surface area contributed by atoms with Gasteiger partial charge in [0.1, 0.15) is 0 Å². The number of rotatable bonds is 2. The van der Waals surface area contributed by atoms with E-state index in [0.29, 0.717) is 12.2 Å². The van der Waals surface area contributed by atoms with Crippen LogP contribution in [0.5, 0.6) is 5.75 Å². The third-order valence-electron chi connectivity index (χ3n) is 3.20. The first-order valence-corrected chi connectivity index (χ1v) is 6.26. The van der Waals surface area contributed by atoms with Crippen LogP contribution in [0.15, 0.2) is 36.7 Å². The minimum absolute atomic E-state index is 0.103. The zero-order valence-corrected chi connectivity index (χ0v) is 10.7. The highest BCUT2D eigenvalue weighted by Gasteiger charge is 2.25. The Hall–Kier alpha value is -2.30. The van der Waals surface area contributed by atoms with E-state index in [1.165, 1.54) is 0 Å². The van der Waals surface area contributed by atoms with E-state index in [4.69, 9.17) is 4.74 Å². The van der Waals surface area contributed by atoms with E-state index in [9.17, 15) is 4.79 Å². The molecule has 0 saturated carbocycles. The van der Waals surface area contributed by atoms with E-state index >= 15 is 0 Å². The SMILES string of the molecule is Cn1cc(OC2CCc3ccccc3NC2=O)cn1. The number of aryl methyl sites for hydroxylation is 2. The highest BCUT2D eigenvalue weighted by molar-refractivity contribution is 5.95. The summed E-state index contributed by atoms with van der Waals surface area (Å²) in [5.74, 6) is 0.516. The number of carbonyl (C=O) groups excluding carboxylic acids is 1. The molecule has 0 bridgehead atoms. The lowest BCUT2D eigenvalue weighted by atomic mass is 10.1. The second-order valence-corrected chi connectivity index (χ2v) is 4.64. The minimum Gasteiger partial charge on any atom is -0.477 e. The van der Waals surface area contributed by atoms with Crippen molar-refractivity contribution in [3.8, 4) is 5.75 Å². The van der Waals surface area contributed by atoms with Crippen molar-refractivity contribution in [2.24, 2.45) is 7.05 Å². The summed E-state index contributed by atoms with van der Waals surface area (Å²) in [4.78, 5) is 12.1. The number of hydrogen-bond acceptors (Lipinski definition) is 3. The smallest absolute Gasteiger partial charge is 0.265 e. The van der Waals surface area contributed by atoms with Gasteiger partial charge >= 0.3 is 0 Å². The minimum atomic E-state index is -0.475. The van der Waals surface area contributed by atoms with Crippen molar-refractivity contribution in [3.63, 3.8) is 0 Å². The standard InChI is InChI=1S/C14H15N3O2/c1-17-9-11(8-15-17)19-13-7-6-10-4-2-3-5-12(10)16-14(13)18/h2-5,8-9,13H,6-7H2,1H3,(H,16,18). The molecule has 2 heterocycles. The zero-order chi connectivity index (χ0) is 13.2. The van der Waals surface area contributed by atoms with Crippen LogP contribution in [0.2, 0.25) is 0 Å². The Balaban J connectivity index is 1.77. The number of amides is 1. The lowest BCUT2D eigenvalue weighted by Crippen LogP contribution is -2.31. The number of nitrogens with zero attached hydrogens (tertiary/aromatic N) is 2. The van der Waals surface area contributed by atoms with Crippen molar-refractivity contribution in [3.05, 3.63) is 42.2 Å².